The number of rotatable bonds is 5. The van der Waals surface area contributed by atoms with E-state index >= 15 is 0 Å². The lowest BCUT2D eigenvalue weighted by molar-refractivity contribution is 0.116. The van der Waals surface area contributed by atoms with Crippen molar-refractivity contribution in [1.29, 1.82) is 0 Å². The predicted octanol–water partition coefficient (Wildman–Crippen LogP) is 6.32. The molecule has 0 radical (unpaired) electrons. The van der Waals surface area contributed by atoms with Crippen LogP contribution in [0, 0.1) is 17.8 Å². The standard InChI is InChI=1S/C20H36OSi/c1-15(2)22(16(3)4,17(5)6)21-20-14-18(7)12-10-9-11-13-19(20)8/h15-17,19-20H,7,11-14H2,1-6,8H3/t19-,20+/m1/s1. The van der Waals surface area contributed by atoms with Crippen LogP contribution in [0.25, 0.3) is 0 Å². The van der Waals surface area contributed by atoms with Crippen molar-refractivity contribution >= 4 is 8.32 Å². The summed E-state index contributed by atoms with van der Waals surface area (Å²) >= 11 is 0. The lowest BCUT2D eigenvalue weighted by Crippen LogP contribution is -2.51. The van der Waals surface area contributed by atoms with E-state index < -0.39 is 8.32 Å². The second kappa shape index (κ2) is 8.36. The van der Waals surface area contributed by atoms with E-state index in [1.165, 1.54) is 5.57 Å². The Hall–Kier alpha value is -0.523. The van der Waals surface area contributed by atoms with Crippen LogP contribution in [0.3, 0.4) is 0 Å². The maximum Gasteiger partial charge on any atom is 0.200 e. The molecule has 0 unspecified atom stereocenters. The first-order chi connectivity index (χ1) is 10.2. The fourth-order valence-electron chi connectivity index (χ4n) is 4.15. The molecule has 0 saturated heterocycles. The molecule has 22 heavy (non-hydrogen) atoms. The van der Waals surface area contributed by atoms with Crippen molar-refractivity contribution in [2.24, 2.45) is 5.92 Å². The van der Waals surface area contributed by atoms with Crippen molar-refractivity contribution in [2.45, 2.75) is 96.9 Å². The van der Waals surface area contributed by atoms with Crippen molar-refractivity contribution < 1.29 is 4.43 Å². The molecule has 0 heterocycles. The SMILES string of the molecule is C=C1CC#CCC[C@@H](C)[C@@H](O[Si](C(C)C)(C(C)C)C(C)C)C1. The Morgan fingerprint density at radius 3 is 2.09 bits per heavy atom. The summed E-state index contributed by atoms with van der Waals surface area (Å²) in [4.78, 5) is 0. The monoisotopic (exact) mass is 320 g/mol. The third-order valence-electron chi connectivity index (χ3n) is 5.38. The van der Waals surface area contributed by atoms with E-state index in [9.17, 15) is 0 Å². The maximum absolute atomic E-state index is 7.06. The van der Waals surface area contributed by atoms with E-state index in [1.807, 2.05) is 0 Å². The van der Waals surface area contributed by atoms with E-state index in [2.05, 4.69) is 66.9 Å². The van der Waals surface area contributed by atoms with Gasteiger partial charge in [0.25, 0.3) is 0 Å². The molecule has 1 aliphatic carbocycles. The Morgan fingerprint density at radius 1 is 1.05 bits per heavy atom. The minimum absolute atomic E-state index is 0.313. The van der Waals surface area contributed by atoms with Gasteiger partial charge in [-0.15, -0.1) is 5.92 Å². The highest BCUT2D eigenvalue weighted by atomic mass is 28.4. The molecular formula is C20H36OSi. The van der Waals surface area contributed by atoms with Gasteiger partial charge in [0.2, 0.25) is 8.32 Å². The maximum atomic E-state index is 7.06. The van der Waals surface area contributed by atoms with Gasteiger partial charge in [-0.2, -0.15) is 0 Å². The van der Waals surface area contributed by atoms with Gasteiger partial charge in [0, 0.05) is 12.8 Å². The van der Waals surface area contributed by atoms with Gasteiger partial charge in [-0.1, -0.05) is 66.5 Å². The molecule has 1 rings (SSSR count). The molecule has 0 aromatic carbocycles. The first-order valence-corrected chi connectivity index (χ1v) is 11.2. The molecule has 0 aromatic rings. The molecule has 0 amide bonds. The van der Waals surface area contributed by atoms with Crippen molar-refractivity contribution in [2.75, 3.05) is 0 Å². The molecule has 1 aliphatic rings. The lowest BCUT2D eigenvalue weighted by atomic mass is 9.94. The zero-order chi connectivity index (χ0) is 16.9. The number of hydrogen-bond acceptors (Lipinski definition) is 1. The van der Waals surface area contributed by atoms with Crippen LogP contribution < -0.4 is 0 Å². The molecule has 0 aromatic heterocycles. The minimum Gasteiger partial charge on any atom is -0.413 e. The van der Waals surface area contributed by atoms with Crippen LogP contribution in [0.5, 0.6) is 0 Å². The Balaban J connectivity index is 3.05. The first-order valence-electron chi connectivity index (χ1n) is 9.01. The Bertz CT molecular complexity index is 403. The zero-order valence-corrected chi connectivity index (χ0v) is 16.8. The summed E-state index contributed by atoms with van der Waals surface area (Å²) in [5, 5.41) is 0. The Morgan fingerprint density at radius 2 is 1.59 bits per heavy atom. The summed E-state index contributed by atoms with van der Waals surface area (Å²) in [5.41, 5.74) is 3.15. The second-order valence-electron chi connectivity index (χ2n) is 7.97. The average molecular weight is 321 g/mol. The van der Waals surface area contributed by atoms with Crippen LogP contribution in [0.1, 0.15) is 74.1 Å². The summed E-state index contributed by atoms with van der Waals surface area (Å²) < 4.78 is 7.06. The molecule has 0 saturated carbocycles. The first kappa shape index (κ1) is 19.5. The highest BCUT2D eigenvalue weighted by Gasteiger charge is 2.47. The van der Waals surface area contributed by atoms with Crippen molar-refractivity contribution in [3.05, 3.63) is 12.2 Å². The largest absolute Gasteiger partial charge is 0.413 e. The van der Waals surface area contributed by atoms with Crippen LogP contribution >= 0.6 is 0 Å². The third-order valence-corrected chi connectivity index (χ3v) is 11.5. The topological polar surface area (TPSA) is 9.23 Å². The normalized spacial score (nSPS) is 24.0. The predicted molar refractivity (Wildman–Crippen MR) is 100 cm³/mol. The zero-order valence-electron chi connectivity index (χ0n) is 15.8. The quantitative estimate of drug-likeness (QED) is 0.327. The molecule has 126 valence electrons. The van der Waals surface area contributed by atoms with Gasteiger partial charge in [0.1, 0.15) is 0 Å². The van der Waals surface area contributed by atoms with Crippen molar-refractivity contribution in [3.63, 3.8) is 0 Å². The van der Waals surface area contributed by atoms with Gasteiger partial charge in [0.05, 0.1) is 6.10 Å². The molecule has 0 spiro atoms. The van der Waals surface area contributed by atoms with Gasteiger partial charge < -0.3 is 4.43 Å². The Kier molecular flexibility index (Phi) is 7.42. The van der Waals surface area contributed by atoms with Gasteiger partial charge in [-0.25, -0.2) is 0 Å². The average Bonchev–Trinajstić information content (AvgIpc) is 2.47. The summed E-state index contributed by atoms with van der Waals surface area (Å²) in [7, 11) is -1.82. The van der Waals surface area contributed by atoms with Crippen LogP contribution in [-0.2, 0) is 4.43 Å². The van der Waals surface area contributed by atoms with Crippen LogP contribution in [0.2, 0.25) is 16.6 Å². The smallest absolute Gasteiger partial charge is 0.200 e. The van der Waals surface area contributed by atoms with Gasteiger partial charge in [0.15, 0.2) is 0 Å². The van der Waals surface area contributed by atoms with Gasteiger partial charge >= 0.3 is 0 Å². The summed E-state index contributed by atoms with van der Waals surface area (Å²) in [6.07, 6.45) is 4.27. The van der Waals surface area contributed by atoms with Crippen molar-refractivity contribution in [1.82, 2.24) is 0 Å². The van der Waals surface area contributed by atoms with Crippen molar-refractivity contribution in [3.8, 4) is 11.8 Å². The lowest BCUT2D eigenvalue weighted by Gasteiger charge is -2.46. The molecular weight excluding hydrogens is 284 g/mol. The van der Waals surface area contributed by atoms with Gasteiger partial charge in [-0.3, -0.25) is 0 Å². The Labute approximate surface area is 140 Å². The van der Waals surface area contributed by atoms with Crippen LogP contribution in [0.15, 0.2) is 12.2 Å². The van der Waals surface area contributed by atoms with Crippen LogP contribution in [-0.4, -0.2) is 14.4 Å². The fourth-order valence-corrected chi connectivity index (χ4v) is 9.80. The molecule has 2 heteroatoms. The molecule has 2 atom stereocenters. The molecule has 0 N–H and O–H groups in total. The summed E-state index contributed by atoms with van der Waals surface area (Å²) in [5.74, 6) is 7.10. The van der Waals surface area contributed by atoms with E-state index in [0.29, 0.717) is 28.6 Å². The summed E-state index contributed by atoms with van der Waals surface area (Å²) in [6, 6.07) is 0. The van der Waals surface area contributed by atoms with Crippen LogP contribution in [0.4, 0.5) is 0 Å². The third kappa shape index (κ3) is 4.49. The van der Waals surface area contributed by atoms with E-state index in [-0.39, 0.29) is 0 Å². The molecule has 0 bridgehead atoms. The molecule has 1 nitrogen and oxygen atoms in total. The summed E-state index contributed by atoms with van der Waals surface area (Å²) in [6.45, 7) is 20.8. The van der Waals surface area contributed by atoms with E-state index in [0.717, 1.165) is 25.7 Å². The number of hydrogen-bond donors (Lipinski definition) is 0. The fraction of sp³-hybridized carbons (Fsp3) is 0.800. The molecule has 0 aliphatic heterocycles. The minimum atomic E-state index is -1.82. The highest BCUT2D eigenvalue weighted by Crippen LogP contribution is 2.44. The van der Waals surface area contributed by atoms with E-state index in [1.54, 1.807) is 0 Å². The van der Waals surface area contributed by atoms with E-state index in [4.69, 9.17) is 4.43 Å². The molecule has 0 fully saturated rings. The second-order valence-corrected chi connectivity index (χ2v) is 13.4. The van der Waals surface area contributed by atoms with Gasteiger partial charge in [-0.05, 0) is 35.4 Å². The highest BCUT2D eigenvalue weighted by molar-refractivity contribution is 6.77.